The van der Waals surface area contributed by atoms with Crippen LogP contribution in [0.3, 0.4) is 0 Å². The van der Waals surface area contributed by atoms with Crippen molar-refractivity contribution in [3.8, 4) is 0 Å². The summed E-state index contributed by atoms with van der Waals surface area (Å²) in [6.07, 6.45) is 85.7. The van der Waals surface area contributed by atoms with Gasteiger partial charge in [0.1, 0.15) is 11.6 Å². The summed E-state index contributed by atoms with van der Waals surface area (Å²) in [5.74, 6) is 1.38. The van der Waals surface area contributed by atoms with E-state index >= 15 is 0 Å². The van der Waals surface area contributed by atoms with E-state index in [0.717, 1.165) is 282 Å². The van der Waals surface area contributed by atoms with Crippen molar-refractivity contribution in [3.63, 3.8) is 0 Å². The van der Waals surface area contributed by atoms with E-state index < -0.39 is 22.8 Å². The minimum Gasteiger partial charge on any atom is -0.481 e. The fraction of sp³-hybridized carbons (Fsp3) is 0.902. The molecular formula is C102H194N6O8. The normalized spacial score (nSPS) is 13.3. The fourth-order valence-electron chi connectivity index (χ4n) is 17.7. The first-order valence-electron chi connectivity index (χ1n) is 50.9. The lowest BCUT2D eigenvalue weighted by Gasteiger charge is -2.30. The summed E-state index contributed by atoms with van der Waals surface area (Å²) < 4.78 is 16.3. The maximum absolute atomic E-state index is 13.1. The van der Waals surface area contributed by atoms with E-state index in [9.17, 15) is 29.4 Å². The molecule has 4 unspecified atom stereocenters. The van der Waals surface area contributed by atoms with Crippen molar-refractivity contribution < 1.29 is 38.9 Å². The molecule has 0 bridgehead atoms. The first-order valence-corrected chi connectivity index (χ1v) is 50.9. The van der Waals surface area contributed by atoms with Crippen LogP contribution in [0.4, 0.5) is 0 Å². The standard InChI is InChI=1S/2C51H97N3O4/c1-6-10-14-18-20-28-37-48(35-26-16-12-8-3)50(55)57-45-32-24-22-30-40-53(42-34-43-54-44-39-52-47(54)5)41-31-23-25-33-46-58-51(56)49(36-27-17-13-9-4)38-29-21-19-15-11-7-2;1-6-10-14-18-20-28-37-50(48(55)56,35-26-16-12-8-3)39-30-22-24-32-42-53(44-34-45-54-46-41-52-47(54)5)43-33-25-23-31-40-51(49(57)58,36-27-17-13-9-4)38-29-21-19-15-11-7-2/h39,44,48-49H,6-38,40-43,45-46H2,1-5H3;41,46H,6-40,42-45H2,1-5H3,(H,55,56)(H,57,58). The quantitative estimate of drug-likeness (QED) is 0.0475. The summed E-state index contributed by atoms with van der Waals surface area (Å²) in [4.78, 5) is 65.9. The lowest BCUT2D eigenvalue weighted by molar-refractivity contribution is -0.151. The minimum absolute atomic E-state index is 0.0630. The van der Waals surface area contributed by atoms with Gasteiger partial charge in [-0.2, -0.15) is 0 Å². The molecule has 2 N–H and O–H groups in total. The Morgan fingerprint density at radius 2 is 0.509 bits per heavy atom. The van der Waals surface area contributed by atoms with Crippen molar-refractivity contribution in [1.29, 1.82) is 0 Å². The number of carbonyl (C=O) groups is 4. The molecule has 680 valence electrons. The van der Waals surface area contributed by atoms with Crippen molar-refractivity contribution in [2.24, 2.45) is 22.7 Å². The average Bonchev–Trinajstić information content (AvgIpc) is 1.08. The van der Waals surface area contributed by atoms with E-state index in [1.54, 1.807) is 0 Å². The molecule has 2 aromatic rings. The van der Waals surface area contributed by atoms with Crippen LogP contribution in [0.25, 0.3) is 0 Å². The van der Waals surface area contributed by atoms with E-state index in [4.69, 9.17) is 9.47 Å². The second kappa shape index (κ2) is 79.7. The number of aromatic nitrogens is 4. The van der Waals surface area contributed by atoms with Gasteiger partial charge in [-0.05, 0) is 169 Å². The van der Waals surface area contributed by atoms with E-state index in [1.807, 2.05) is 12.4 Å². The third-order valence-electron chi connectivity index (χ3n) is 25.8. The molecule has 0 spiro atoms. The number of aryl methyl sites for hydroxylation is 4. The predicted octanol–water partition coefficient (Wildman–Crippen LogP) is 30.1. The molecule has 0 aliphatic carbocycles. The number of rotatable bonds is 88. The van der Waals surface area contributed by atoms with Crippen molar-refractivity contribution in [1.82, 2.24) is 28.9 Å². The van der Waals surface area contributed by atoms with Gasteiger partial charge in [-0.1, -0.05) is 376 Å². The lowest BCUT2D eigenvalue weighted by atomic mass is 9.74. The van der Waals surface area contributed by atoms with Gasteiger partial charge in [0.15, 0.2) is 0 Å². The molecule has 2 aromatic heterocycles. The number of hydrogen-bond acceptors (Lipinski definition) is 10. The number of ether oxygens (including phenoxy) is 2. The number of carboxylic acid groups (broad SMARTS) is 2. The fourth-order valence-corrected chi connectivity index (χ4v) is 17.7. The average molecular weight is 1630 g/mol. The Hall–Kier alpha value is -3.78. The number of hydrogen-bond donors (Lipinski definition) is 2. The van der Waals surface area contributed by atoms with Crippen LogP contribution in [-0.4, -0.2) is 115 Å². The van der Waals surface area contributed by atoms with Gasteiger partial charge < -0.3 is 38.6 Å². The van der Waals surface area contributed by atoms with Crippen LogP contribution >= 0.6 is 0 Å². The highest BCUT2D eigenvalue weighted by Gasteiger charge is 2.38. The molecule has 0 fully saturated rings. The Morgan fingerprint density at radius 1 is 0.302 bits per heavy atom. The van der Waals surface area contributed by atoms with E-state index in [1.165, 1.54) is 218 Å². The highest BCUT2D eigenvalue weighted by Crippen LogP contribution is 2.40. The van der Waals surface area contributed by atoms with Gasteiger partial charge in [0, 0.05) is 37.9 Å². The van der Waals surface area contributed by atoms with Crippen molar-refractivity contribution >= 4 is 23.9 Å². The Morgan fingerprint density at radius 3 is 0.750 bits per heavy atom. The minimum atomic E-state index is -0.546. The summed E-state index contributed by atoms with van der Waals surface area (Å²) in [6, 6.07) is 0. The predicted molar refractivity (Wildman–Crippen MR) is 495 cm³/mol. The summed E-state index contributed by atoms with van der Waals surface area (Å²) in [7, 11) is 0. The topological polar surface area (TPSA) is 169 Å². The second-order valence-electron chi connectivity index (χ2n) is 36.3. The highest BCUT2D eigenvalue weighted by atomic mass is 16.5. The largest absolute Gasteiger partial charge is 0.481 e. The molecule has 0 radical (unpaired) electrons. The van der Waals surface area contributed by atoms with Crippen molar-refractivity contribution in [3.05, 3.63) is 36.4 Å². The maximum Gasteiger partial charge on any atom is 0.309 e. The molecule has 14 nitrogen and oxygen atoms in total. The Balaban J connectivity index is 0.00000116. The SMILES string of the molecule is CCCCCCCCC(CCCCCC)(CCCCCCN(CCCCCCC(CCCCCC)(CCCCCCCC)C(=O)O)CCCn1ccnc1C)C(=O)O.CCCCCCCCC(CCCCCC)C(=O)OCCCCCCN(CCCCCCOC(=O)C(CCCCCC)CCCCCCCC)CCCn1ccnc1C. The second-order valence-corrected chi connectivity index (χ2v) is 36.3. The zero-order chi connectivity index (χ0) is 84.7. The molecule has 0 aliphatic rings. The first kappa shape index (κ1) is 110. The third-order valence-corrected chi connectivity index (χ3v) is 25.8. The Kier molecular flexibility index (Phi) is 75.7. The molecular weight excluding hydrogens is 1440 g/mol. The summed E-state index contributed by atoms with van der Waals surface area (Å²) in [5.41, 5.74) is -1.08. The molecule has 14 heteroatoms. The molecule has 2 rings (SSSR count). The van der Waals surface area contributed by atoms with Crippen LogP contribution in [0.15, 0.2) is 24.8 Å². The molecule has 116 heavy (non-hydrogen) atoms. The molecule has 4 atom stereocenters. The van der Waals surface area contributed by atoms with Gasteiger partial charge >= 0.3 is 23.9 Å². The van der Waals surface area contributed by atoms with Gasteiger partial charge in [0.2, 0.25) is 0 Å². The molecule has 0 saturated carbocycles. The van der Waals surface area contributed by atoms with Crippen LogP contribution in [0.1, 0.15) is 504 Å². The number of carboxylic acids is 2. The molecule has 0 amide bonds. The van der Waals surface area contributed by atoms with Crippen molar-refractivity contribution in [2.75, 3.05) is 52.5 Å². The van der Waals surface area contributed by atoms with Crippen LogP contribution in [0.2, 0.25) is 0 Å². The summed E-state index contributed by atoms with van der Waals surface area (Å²) in [6.45, 7) is 31.9. The van der Waals surface area contributed by atoms with Crippen LogP contribution in [-0.2, 0) is 41.7 Å². The van der Waals surface area contributed by atoms with Gasteiger partial charge in [-0.15, -0.1) is 0 Å². The van der Waals surface area contributed by atoms with Gasteiger partial charge in [-0.25, -0.2) is 9.97 Å². The first-order chi connectivity index (χ1) is 56.7. The molecule has 0 aliphatic heterocycles. The summed E-state index contributed by atoms with van der Waals surface area (Å²) in [5, 5.41) is 21.1. The number of unbranched alkanes of at least 4 members (excludes halogenated alkanes) is 44. The summed E-state index contributed by atoms with van der Waals surface area (Å²) >= 11 is 0. The Labute approximate surface area is 718 Å². The van der Waals surface area contributed by atoms with E-state index in [0.29, 0.717) is 13.2 Å². The highest BCUT2D eigenvalue weighted by molar-refractivity contribution is 5.75. The van der Waals surface area contributed by atoms with Gasteiger partial charge in [0.05, 0.1) is 35.9 Å². The smallest absolute Gasteiger partial charge is 0.309 e. The molecule has 2 heterocycles. The number of carbonyl (C=O) groups excluding carboxylic acids is 2. The van der Waals surface area contributed by atoms with E-state index in [-0.39, 0.29) is 23.8 Å². The van der Waals surface area contributed by atoms with Crippen LogP contribution in [0, 0.1) is 36.5 Å². The number of imidazole rings is 2. The zero-order valence-corrected chi connectivity index (χ0v) is 78.6. The van der Waals surface area contributed by atoms with Crippen molar-refractivity contribution in [2.45, 2.75) is 519 Å². The monoisotopic (exact) mass is 1630 g/mol. The third kappa shape index (κ3) is 59.8. The molecule has 0 saturated heterocycles. The zero-order valence-electron chi connectivity index (χ0n) is 78.6. The van der Waals surface area contributed by atoms with Gasteiger partial charge in [0.25, 0.3) is 0 Å². The number of aliphatic carboxylic acids is 2. The number of esters is 2. The Bertz CT molecular complexity index is 2360. The molecule has 0 aromatic carbocycles. The van der Waals surface area contributed by atoms with Gasteiger partial charge in [-0.3, -0.25) is 19.2 Å². The lowest BCUT2D eigenvalue weighted by Crippen LogP contribution is -2.31. The van der Waals surface area contributed by atoms with Crippen LogP contribution in [0.5, 0.6) is 0 Å². The van der Waals surface area contributed by atoms with Crippen LogP contribution < -0.4 is 0 Å². The van der Waals surface area contributed by atoms with E-state index in [2.05, 4.69) is 111 Å². The maximum atomic E-state index is 13.1. The number of nitrogens with zero attached hydrogens (tertiary/aromatic N) is 6.